The minimum Gasteiger partial charge on any atom is -0.507 e. The monoisotopic (exact) mass is 478 g/mol. The van der Waals surface area contributed by atoms with E-state index in [2.05, 4.69) is 0 Å². The first-order valence-electron chi connectivity index (χ1n) is 10.3. The number of hydrogen-bond acceptors (Lipinski definition) is 9. The standard InChI is InChI=1S/C22H23ClN2O8/c1-21(15-10(23)4-5-11(26)13(15)20(31)33-21)8-6-9-16(25(2)3)17(28)14(19(24)30)18(29)22(9,32)12(27)7-8/h4-5,8-9,14,16,26,32H,6-7H2,1-3H3,(H2,24,30). The molecule has 4 rings (SSSR count). The number of nitrogens with zero attached hydrogens (tertiary/aromatic N) is 1. The number of hydrogen-bond donors (Lipinski definition) is 3. The third kappa shape index (κ3) is 2.97. The topological polar surface area (TPSA) is 164 Å². The molecule has 0 radical (unpaired) electrons. The van der Waals surface area contributed by atoms with Gasteiger partial charge in [-0.2, -0.15) is 0 Å². The molecule has 4 N–H and O–H groups in total. The lowest BCUT2D eigenvalue weighted by Gasteiger charge is -2.51. The quantitative estimate of drug-likeness (QED) is 0.398. The van der Waals surface area contributed by atoms with Gasteiger partial charge in [0, 0.05) is 28.8 Å². The summed E-state index contributed by atoms with van der Waals surface area (Å²) in [5.74, 6) is -9.26. The number of cyclic esters (lactones) is 1. The number of primary amides is 1. The highest BCUT2D eigenvalue weighted by atomic mass is 35.5. The SMILES string of the molecule is CN(C)C1C(=O)C(C(N)=O)C(=O)C2(O)C(=O)CC(C3(C)OC(=O)c4c(O)ccc(Cl)c43)CC12. The number of amides is 1. The lowest BCUT2D eigenvalue weighted by molar-refractivity contribution is -0.183. The zero-order valence-electron chi connectivity index (χ0n) is 18.1. The van der Waals surface area contributed by atoms with Gasteiger partial charge in [-0.1, -0.05) is 11.6 Å². The van der Waals surface area contributed by atoms with Crippen LogP contribution < -0.4 is 5.73 Å². The summed E-state index contributed by atoms with van der Waals surface area (Å²) in [7, 11) is 3.04. The van der Waals surface area contributed by atoms with E-state index in [1.807, 2.05) is 0 Å². The van der Waals surface area contributed by atoms with Gasteiger partial charge in [0.25, 0.3) is 0 Å². The number of Topliss-reactive ketones (excluding diaryl/α,β-unsaturated/α-hetero) is 3. The molecule has 2 aliphatic carbocycles. The van der Waals surface area contributed by atoms with Crippen LogP contribution in [0.15, 0.2) is 12.1 Å². The smallest absolute Gasteiger partial charge is 0.343 e. The van der Waals surface area contributed by atoms with E-state index in [0.29, 0.717) is 0 Å². The van der Waals surface area contributed by atoms with Crippen molar-refractivity contribution in [3.05, 3.63) is 28.3 Å². The van der Waals surface area contributed by atoms with E-state index in [9.17, 15) is 34.2 Å². The number of esters is 1. The van der Waals surface area contributed by atoms with Crippen LogP contribution in [-0.4, -0.2) is 70.1 Å². The zero-order valence-corrected chi connectivity index (χ0v) is 18.9. The summed E-state index contributed by atoms with van der Waals surface area (Å²) in [4.78, 5) is 65.2. The molecule has 10 nitrogen and oxygen atoms in total. The molecule has 33 heavy (non-hydrogen) atoms. The largest absolute Gasteiger partial charge is 0.507 e. The molecule has 0 aromatic heterocycles. The van der Waals surface area contributed by atoms with E-state index in [-0.39, 0.29) is 28.3 Å². The molecule has 1 heterocycles. The Morgan fingerprint density at radius 2 is 1.88 bits per heavy atom. The number of phenolic OH excluding ortho intramolecular Hbond substituents is 1. The molecule has 1 aromatic rings. The molecule has 3 aliphatic rings. The molecule has 0 bridgehead atoms. The van der Waals surface area contributed by atoms with Gasteiger partial charge >= 0.3 is 5.97 Å². The summed E-state index contributed by atoms with van der Waals surface area (Å²) in [6.45, 7) is 1.54. The van der Waals surface area contributed by atoms with Gasteiger partial charge in [0.05, 0.1) is 6.04 Å². The number of halogens is 1. The molecule has 1 aliphatic heterocycles. The molecule has 6 atom stereocenters. The second-order valence-corrected chi connectivity index (χ2v) is 9.66. The molecule has 1 amide bonds. The number of nitrogens with two attached hydrogens (primary N) is 1. The van der Waals surface area contributed by atoms with Gasteiger partial charge in [-0.3, -0.25) is 24.1 Å². The summed E-state index contributed by atoms with van der Waals surface area (Å²) >= 11 is 6.35. The maximum Gasteiger partial charge on any atom is 0.343 e. The number of fused-ring (bicyclic) bond motifs is 2. The fourth-order valence-electron chi connectivity index (χ4n) is 5.69. The molecule has 176 valence electrons. The van der Waals surface area contributed by atoms with Crippen molar-refractivity contribution in [3.8, 4) is 5.75 Å². The third-order valence-corrected chi connectivity index (χ3v) is 7.60. The lowest BCUT2D eigenvalue weighted by atomic mass is 9.55. The maximum atomic E-state index is 13.3. The Labute approximate surface area is 193 Å². The van der Waals surface area contributed by atoms with E-state index in [1.165, 1.54) is 38.1 Å². The molecule has 0 spiro atoms. The minimum atomic E-state index is -2.59. The van der Waals surface area contributed by atoms with Crippen LogP contribution in [0.4, 0.5) is 0 Å². The number of carbonyl (C=O) groups is 5. The van der Waals surface area contributed by atoms with Crippen molar-refractivity contribution in [2.24, 2.45) is 23.5 Å². The highest BCUT2D eigenvalue weighted by Crippen LogP contribution is 2.55. The first-order valence-corrected chi connectivity index (χ1v) is 10.7. The van der Waals surface area contributed by atoms with Crippen LogP contribution in [-0.2, 0) is 29.5 Å². The Morgan fingerprint density at radius 3 is 2.45 bits per heavy atom. The van der Waals surface area contributed by atoms with Crippen molar-refractivity contribution >= 4 is 40.8 Å². The van der Waals surface area contributed by atoms with Gasteiger partial charge in [-0.15, -0.1) is 0 Å². The van der Waals surface area contributed by atoms with Crippen LogP contribution in [0, 0.1) is 17.8 Å². The molecule has 0 saturated heterocycles. The molecule has 2 fully saturated rings. The van der Waals surface area contributed by atoms with Gasteiger partial charge in [0.15, 0.2) is 28.9 Å². The Hall–Kier alpha value is -2.82. The molecule has 2 saturated carbocycles. The maximum absolute atomic E-state index is 13.3. The van der Waals surface area contributed by atoms with E-state index in [4.69, 9.17) is 22.1 Å². The van der Waals surface area contributed by atoms with Crippen molar-refractivity contribution < 1.29 is 38.9 Å². The number of ether oxygens (including phenoxy) is 1. The summed E-state index contributed by atoms with van der Waals surface area (Å²) in [5, 5.41) is 21.6. The summed E-state index contributed by atoms with van der Waals surface area (Å²) in [5.41, 5.74) is 1.28. The van der Waals surface area contributed by atoms with E-state index >= 15 is 0 Å². The highest BCUT2D eigenvalue weighted by Gasteiger charge is 2.68. The molecular formula is C22H23ClN2O8. The molecule has 6 unspecified atom stereocenters. The van der Waals surface area contributed by atoms with Crippen molar-refractivity contribution in [1.82, 2.24) is 4.90 Å². The number of phenols is 1. The number of aromatic hydroxyl groups is 1. The van der Waals surface area contributed by atoms with Gasteiger partial charge in [0.1, 0.15) is 16.9 Å². The van der Waals surface area contributed by atoms with Crippen LogP contribution in [0.5, 0.6) is 5.75 Å². The number of rotatable bonds is 3. The lowest BCUT2D eigenvalue weighted by Crippen LogP contribution is -2.72. The number of benzene rings is 1. The van der Waals surface area contributed by atoms with Crippen molar-refractivity contribution in [2.45, 2.75) is 37.0 Å². The minimum absolute atomic E-state index is 0.0801. The van der Waals surface area contributed by atoms with Crippen molar-refractivity contribution in [1.29, 1.82) is 0 Å². The van der Waals surface area contributed by atoms with E-state index in [1.54, 1.807) is 0 Å². The van der Waals surface area contributed by atoms with Crippen molar-refractivity contribution in [3.63, 3.8) is 0 Å². The molecular weight excluding hydrogens is 456 g/mol. The van der Waals surface area contributed by atoms with Crippen LogP contribution in [0.1, 0.15) is 35.7 Å². The second-order valence-electron chi connectivity index (χ2n) is 9.26. The molecule has 1 aromatic carbocycles. The predicted molar refractivity (Wildman–Crippen MR) is 112 cm³/mol. The number of ketones is 3. The number of aliphatic hydroxyl groups is 1. The van der Waals surface area contributed by atoms with E-state index in [0.717, 1.165) is 0 Å². The van der Waals surface area contributed by atoms with E-state index < -0.39 is 70.6 Å². The Bertz CT molecular complexity index is 1130. The predicted octanol–water partition coefficient (Wildman–Crippen LogP) is -0.0589. The Morgan fingerprint density at radius 1 is 1.24 bits per heavy atom. The first-order chi connectivity index (χ1) is 15.3. The fraction of sp³-hybridized carbons (Fsp3) is 0.500. The van der Waals surface area contributed by atoms with Gasteiger partial charge in [-0.25, -0.2) is 4.79 Å². The van der Waals surface area contributed by atoms with Crippen LogP contribution in [0.25, 0.3) is 0 Å². The first kappa shape index (κ1) is 23.3. The normalized spacial score (nSPS) is 35.9. The number of likely N-dealkylation sites (N-methyl/N-ethyl adjacent to an activating group) is 1. The van der Waals surface area contributed by atoms with Gasteiger partial charge in [0.2, 0.25) is 5.91 Å². The average molecular weight is 479 g/mol. The summed E-state index contributed by atoms with van der Waals surface area (Å²) < 4.78 is 5.62. The molecule has 11 heteroatoms. The van der Waals surface area contributed by atoms with Gasteiger partial charge < -0.3 is 20.7 Å². The fourth-order valence-corrected chi connectivity index (χ4v) is 6.03. The zero-order chi connectivity index (χ0) is 24.6. The Balaban J connectivity index is 1.83. The highest BCUT2D eigenvalue weighted by molar-refractivity contribution is 6.32. The number of carbonyl (C=O) groups excluding carboxylic acids is 5. The summed E-state index contributed by atoms with van der Waals surface area (Å²) in [6, 6.07) is 1.48. The average Bonchev–Trinajstić information content (AvgIpc) is 2.99. The van der Waals surface area contributed by atoms with Crippen LogP contribution >= 0.6 is 11.6 Å². The summed E-state index contributed by atoms with van der Waals surface area (Å²) in [6.07, 6.45) is -0.475. The Kier molecular flexibility index (Phi) is 5.19. The second kappa shape index (κ2) is 7.34. The third-order valence-electron chi connectivity index (χ3n) is 7.28. The van der Waals surface area contributed by atoms with Gasteiger partial charge in [-0.05, 0) is 39.6 Å². The van der Waals surface area contributed by atoms with Crippen LogP contribution in [0.3, 0.4) is 0 Å². The van der Waals surface area contributed by atoms with Crippen molar-refractivity contribution in [2.75, 3.05) is 14.1 Å². The van der Waals surface area contributed by atoms with Crippen LogP contribution in [0.2, 0.25) is 5.02 Å².